The van der Waals surface area contributed by atoms with E-state index in [0.29, 0.717) is 22.7 Å². The zero-order chi connectivity index (χ0) is 17.2. The Kier molecular flexibility index (Phi) is 4.07. The van der Waals surface area contributed by atoms with Gasteiger partial charge in [0.15, 0.2) is 5.58 Å². The Labute approximate surface area is 151 Å². The van der Waals surface area contributed by atoms with Gasteiger partial charge in [-0.15, -0.1) is 0 Å². The van der Waals surface area contributed by atoms with Crippen molar-refractivity contribution in [3.63, 3.8) is 0 Å². The highest BCUT2D eigenvalue weighted by molar-refractivity contribution is 9.10. The zero-order valence-corrected chi connectivity index (χ0v) is 14.6. The molecule has 4 aromatic rings. The molecule has 2 aromatic carbocycles. The molecule has 0 unspecified atom stereocenters. The van der Waals surface area contributed by atoms with Crippen LogP contribution in [-0.4, -0.2) is 21.3 Å². The number of rotatable bonds is 4. The summed E-state index contributed by atoms with van der Waals surface area (Å²) in [4.78, 5) is 12.3. The van der Waals surface area contributed by atoms with Gasteiger partial charge >= 0.3 is 0 Å². The van der Waals surface area contributed by atoms with E-state index in [9.17, 15) is 4.79 Å². The van der Waals surface area contributed by atoms with E-state index in [2.05, 4.69) is 36.6 Å². The number of amides is 1. The summed E-state index contributed by atoms with van der Waals surface area (Å²) < 4.78 is 6.22. The van der Waals surface area contributed by atoms with E-state index in [1.807, 2.05) is 48.5 Å². The molecule has 0 spiro atoms. The number of nitrogens with one attached hydrogen (secondary N) is 2. The summed E-state index contributed by atoms with van der Waals surface area (Å²) in [5, 5.41) is 14.7. The Morgan fingerprint density at radius 1 is 1.16 bits per heavy atom. The Balaban J connectivity index is 1.47. The highest BCUT2D eigenvalue weighted by Crippen LogP contribution is 2.21. The number of aromatic amines is 1. The van der Waals surface area contributed by atoms with Crippen LogP contribution in [0.25, 0.3) is 22.2 Å². The fraction of sp³-hybridized carbons (Fsp3) is 0.0556. The summed E-state index contributed by atoms with van der Waals surface area (Å²) in [6.45, 7) is 0.280. The molecular formula is C18H13BrN4O2. The number of para-hydroxylation sites is 1. The summed E-state index contributed by atoms with van der Waals surface area (Å²) in [5.41, 5.74) is 3.43. The first-order valence-electron chi connectivity index (χ1n) is 7.63. The van der Waals surface area contributed by atoms with Crippen molar-refractivity contribution in [1.29, 1.82) is 0 Å². The number of aromatic nitrogens is 3. The van der Waals surface area contributed by atoms with Crippen molar-refractivity contribution in [3.05, 3.63) is 70.5 Å². The van der Waals surface area contributed by atoms with Gasteiger partial charge in [-0.05, 0) is 30.3 Å². The van der Waals surface area contributed by atoms with Gasteiger partial charge in [0.1, 0.15) is 11.4 Å². The number of H-pyrrole nitrogens is 1. The minimum absolute atomic E-state index is 0.247. The van der Waals surface area contributed by atoms with Gasteiger partial charge in [0.05, 0.1) is 12.2 Å². The van der Waals surface area contributed by atoms with Crippen LogP contribution in [0.5, 0.6) is 0 Å². The fourth-order valence-electron chi connectivity index (χ4n) is 2.53. The molecular weight excluding hydrogens is 384 g/mol. The largest absolute Gasteiger partial charge is 0.356 e. The lowest BCUT2D eigenvalue weighted by atomic mass is 10.1. The minimum atomic E-state index is -0.247. The van der Waals surface area contributed by atoms with Crippen LogP contribution in [0.1, 0.15) is 16.2 Å². The summed E-state index contributed by atoms with van der Waals surface area (Å²) in [7, 11) is 0. The number of halogens is 1. The van der Waals surface area contributed by atoms with Crippen molar-refractivity contribution in [1.82, 2.24) is 20.7 Å². The average Bonchev–Trinajstić information content (AvgIpc) is 3.28. The van der Waals surface area contributed by atoms with E-state index in [4.69, 9.17) is 4.52 Å². The van der Waals surface area contributed by atoms with E-state index < -0.39 is 0 Å². The number of benzene rings is 2. The van der Waals surface area contributed by atoms with Crippen LogP contribution < -0.4 is 5.32 Å². The lowest BCUT2D eigenvalue weighted by Crippen LogP contribution is -2.23. The first-order valence-corrected chi connectivity index (χ1v) is 8.43. The second-order valence-corrected chi connectivity index (χ2v) is 6.40. The molecule has 124 valence electrons. The van der Waals surface area contributed by atoms with Crippen LogP contribution in [0, 0.1) is 0 Å². The topological polar surface area (TPSA) is 83.8 Å². The third-order valence-corrected chi connectivity index (χ3v) is 4.36. The van der Waals surface area contributed by atoms with Gasteiger partial charge in [-0.1, -0.05) is 45.4 Å². The molecule has 0 saturated heterocycles. The summed E-state index contributed by atoms with van der Waals surface area (Å²) in [6, 6.07) is 17.0. The number of carbonyl (C=O) groups is 1. The van der Waals surface area contributed by atoms with Gasteiger partial charge in [-0.2, -0.15) is 5.10 Å². The normalized spacial score (nSPS) is 10.9. The second-order valence-electron chi connectivity index (χ2n) is 5.48. The van der Waals surface area contributed by atoms with Gasteiger partial charge < -0.3 is 9.84 Å². The number of fused-ring (bicyclic) bond motifs is 1. The van der Waals surface area contributed by atoms with Gasteiger partial charge in [0, 0.05) is 15.4 Å². The summed E-state index contributed by atoms with van der Waals surface area (Å²) >= 11 is 3.40. The van der Waals surface area contributed by atoms with Crippen LogP contribution in [0.2, 0.25) is 0 Å². The van der Waals surface area contributed by atoms with E-state index in [0.717, 1.165) is 15.4 Å². The summed E-state index contributed by atoms with van der Waals surface area (Å²) in [6.07, 6.45) is 0. The first kappa shape index (κ1) is 15.6. The molecule has 0 atom stereocenters. The highest BCUT2D eigenvalue weighted by Gasteiger charge is 2.13. The Morgan fingerprint density at radius 3 is 2.80 bits per heavy atom. The molecule has 6 nitrogen and oxygen atoms in total. The highest BCUT2D eigenvalue weighted by atomic mass is 79.9. The Bertz CT molecular complexity index is 1040. The molecule has 2 aromatic heterocycles. The average molecular weight is 397 g/mol. The lowest BCUT2D eigenvalue weighted by Gasteiger charge is -2.00. The van der Waals surface area contributed by atoms with Crippen LogP contribution in [-0.2, 0) is 6.54 Å². The van der Waals surface area contributed by atoms with Crippen molar-refractivity contribution in [2.75, 3.05) is 0 Å². The molecule has 0 aliphatic rings. The second kappa shape index (κ2) is 6.52. The maximum absolute atomic E-state index is 12.3. The molecule has 0 bridgehead atoms. The molecule has 1 amide bonds. The molecule has 7 heteroatoms. The molecule has 0 fully saturated rings. The SMILES string of the molecule is O=C(NCc1noc2ccccc12)c1cc(-c2ccc(Br)cc2)n[nH]1. The number of hydrogen-bond donors (Lipinski definition) is 2. The molecule has 0 saturated carbocycles. The fourth-order valence-corrected chi connectivity index (χ4v) is 2.80. The zero-order valence-electron chi connectivity index (χ0n) is 13.0. The van der Waals surface area contributed by atoms with E-state index in [1.54, 1.807) is 6.07 Å². The van der Waals surface area contributed by atoms with Crippen LogP contribution >= 0.6 is 15.9 Å². The monoisotopic (exact) mass is 396 g/mol. The smallest absolute Gasteiger partial charge is 0.269 e. The number of hydrogen-bond acceptors (Lipinski definition) is 4. The molecule has 4 rings (SSSR count). The van der Waals surface area contributed by atoms with Crippen molar-refractivity contribution in [2.24, 2.45) is 0 Å². The number of nitrogens with zero attached hydrogens (tertiary/aromatic N) is 2. The lowest BCUT2D eigenvalue weighted by molar-refractivity contribution is 0.0945. The van der Waals surface area contributed by atoms with Crippen molar-refractivity contribution in [2.45, 2.75) is 6.54 Å². The predicted octanol–water partition coefficient (Wildman–Crippen LogP) is 3.91. The molecule has 0 aliphatic carbocycles. The van der Waals surface area contributed by atoms with Crippen LogP contribution in [0.4, 0.5) is 0 Å². The Hall–Kier alpha value is -2.93. The number of carbonyl (C=O) groups excluding carboxylic acids is 1. The molecule has 0 radical (unpaired) electrons. The quantitative estimate of drug-likeness (QED) is 0.547. The maximum Gasteiger partial charge on any atom is 0.269 e. The third kappa shape index (κ3) is 3.18. The van der Waals surface area contributed by atoms with E-state index in [1.165, 1.54) is 0 Å². The standard InChI is InChI=1S/C18H13BrN4O2/c19-12-7-5-11(6-8-12)14-9-15(22-21-14)18(24)20-10-16-13-3-1-2-4-17(13)25-23-16/h1-9H,10H2,(H,20,24)(H,21,22). The van der Waals surface area contributed by atoms with Gasteiger partial charge in [-0.3, -0.25) is 9.89 Å². The van der Waals surface area contributed by atoms with Crippen molar-refractivity contribution < 1.29 is 9.32 Å². The molecule has 2 N–H and O–H groups in total. The van der Waals surface area contributed by atoms with Gasteiger partial charge in [-0.25, -0.2) is 0 Å². The third-order valence-electron chi connectivity index (χ3n) is 3.83. The van der Waals surface area contributed by atoms with Gasteiger partial charge in [0.25, 0.3) is 5.91 Å². The van der Waals surface area contributed by atoms with E-state index in [-0.39, 0.29) is 12.5 Å². The minimum Gasteiger partial charge on any atom is -0.356 e. The van der Waals surface area contributed by atoms with E-state index >= 15 is 0 Å². The van der Waals surface area contributed by atoms with Gasteiger partial charge in [0.2, 0.25) is 0 Å². The molecule has 25 heavy (non-hydrogen) atoms. The maximum atomic E-state index is 12.3. The Morgan fingerprint density at radius 2 is 1.96 bits per heavy atom. The first-order chi connectivity index (χ1) is 12.2. The van der Waals surface area contributed by atoms with Crippen molar-refractivity contribution in [3.8, 4) is 11.3 Å². The van der Waals surface area contributed by atoms with Crippen LogP contribution in [0.3, 0.4) is 0 Å². The predicted molar refractivity (Wildman–Crippen MR) is 96.9 cm³/mol. The summed E-state index contributed by atoms with van der Waals surface area (Å²) in [5.74, 6) is -0.247. The van der Waals surface area contributed by atoms with Crippen LogP contribution in [0.15, 0.2) is 63.6 Å². The molecule has 2 heterocycles. The van der Waals surface area contributed by atoms with Crippen molar-refractivity contribution >= 4 is 32.8 Å². The molecule has 0 aliphatic heterocycles.